The lowest BCUT2D eigenvalue weighted by molar-refractivity contribution is 0.102. The lowest BCUT2D eigenvalue weighted by Gasteiger charge is -2.11. The first-order valence-corrected chi connectivity index (χ1v) is 9.15. The summed E-state index contributed by atoms with van der Waals surface area (Å²) < 4.78 is 11.3. The van der Waals surface area contributed by atoms with Crippen molar-refractivity contribution in [1.29, 1.82) is 0 Å². The van der Waals surface area contributed by atoms with Crippen LogP contribution in [0.15, 0.2) is 71.1 Å². The van der Waals surface area contributed by atoms with Gasteiger partial charge < -0.3 is 14.5 Å². The van der Waals surface area contributed by atoms with Crippen molar-refractivity contribution in [3.63, 3.8) is 0 Å². The van der Waals surface area contributed by atoms with Gasteiger partial charge in [-0.05, 0) is 67.9 Å². The molecule has 1 aromatic heterocycles. The van der Waals surface area contributed by atoms with Gasteiger partial charge in [0.05, 0.1) is 6.61 Å². The van der Waals surface area contributed by atoms with Gasteiger partial charge in [0.15, 0.2) is 5.58 Å². The lowest BCUT2D eigenvalue weighted by Crippen LogP contribution is -2.13. The number of benzene rings is 3. The van der Waals surface area contributed by atoms with Crippen LogP contribution in [0.4, 0.5) is 5.69 Å². The Morgan fingerprint density at radius 2 is 1.82 bits per heavy atom. The molecule has 4 rings (SSSR count). The summed E-state index contributed by atoms with van der Waals surface area (Å²) in [5.41, 5.74) is 4.57. The summed E-state index contributed by atoms with van der Waals surface area (Å²) in [5, 5.41) is 2.97. The maximum Gasteiger partial charge on any atom is 0.255 e. The standard InChI is InChI=1S/C23H20N2O3/c1-3-27-17-13-11-16(12-14-17)22(26)24-19-9-6-7-18(15(19)2)23-25-20-8-4-5-10-21(20)28-23/h4-14H,3H2,1-2H3,(H,24,26). The molecule has 0 aliphatic rings. The molecule has 5 heteroatoms. The van der Waals surface area contributed by atoms with Gasteiger partial charge in [-0.1, -0.05) is 18.2 Å². The molecule has 1 amide bonds. The van der Waals surface area contributed by atoms with E-state index < -0.39 is 0 Å². The Labute approximate surface area is 163 Å². The highest BCUT2D eigenvalue weighted by molar-refractivity contribution is 6.05. The van der Waals surface area contributed by atoms with Crippen molar-refractivity contribution in [1.82, 2.24) is 4.98 Å². The first-order chi connectivity index (χ1) is 13.7. The number of aromatic nitrogens is 1. The Hall–Kier alpha value is -3.60. The van der Waals surface area contributed by atoms with E-state index in [1.165, 1.54) is 0 Å². The number of hydrogen-bond donors (Lipinski definition) is 1. The fraction of sp³-hybridized carbons (Fsp3) is 0.130. The number of rotatable bonds is 5. The van der Waals surface area contributed by atoms with Gasteiger partial charge in [0.2, 0.25) is 5.89 Å². The third-order valence-electron chi connectivity index (χ3n) is 4.53. The van der Waals surface area contributed by atoms with Crippen LogP contribution in [0, 0.1) is 6.92 Å². The van der Waals surface area contributed by atoms with Crippen molar-refractivity contribution in [3.8, 4) is 17.2 Å². The van der Waals surface area contributed by atoms with E-state index >= 15 is 0 Å². The average molecular weight is 372 g/mol. The van der Waals surface area contributed by atoms with Gasteiger partial charge in [0, 0.05) is 16.8 Å². The molecule has 140 valence electrons. The molecule has 1 N–H and O–H groups in total. The summed E-state index contributed by atoms with van der Waals surface area (Å²) in [4.78, 5) is 17.2. The number of ether oxygens (including phenoxy) is 1. The predicted molar refractivity (Wildman–Crippen MR) is 110 cm³/mol. The van der Waals surface area contributed by atoms with Gasteiger partial charge in [0.25, 0.3) is 5.91 Å². The minimum absolute atomic E-state index is 0.180. The third kappa shape index (κ3) is 3.47. The van der Waals surface area contributed by atoms with Gasteiger partial charge >= 0.3 is 0 Å². The second kappa shape index (κ2) is 7.56. The monoisotopic (exact) mass is 372 g/mol. The molecule has 0 saturated carbocycles. The van der Waals surface area contributed by atoms with Crippen molar-refractivity contribution in [2.75, 3.05) is 11.9 Å². The third-order valence-corrected chi connectivity index (χ3v) is 4.53. The first-order valence-electron chi connectivity index (χ1n) is 9.15. The van der Waals surface area contributed by atoms with Crippen molar-refractivity contribution in [2.45, 2.75) is 13.8 Å². The second-order valence-electron chi connectivity index (χ2n) is 6.38. The molecule has 0 radical (unpaired) electrons. The van der Waals surface area contributed by atoms with Crippen LogP contribution in [0.5, 0.6) is 5.75 Å². The topological polar surface area (TPSA) is 64.4 Å². The van der Waals surface area contributed by atoms with Crippen LogP contribution < -0.4 is 10.1 Å². The molecule has 0 atom stereocenters. The first kappa shape index (κ1) is 17.8. The number of carbonyl (C=O) groups excluding carboxylic acids is 1. The second-order valence-corrected chi connectivity index (χ2v) is 6.38. The molecule has 5 nitrogen and oxygen atoms in total. The largest absolute Gasteiger partial charge is 0.494 e. The van der Waals surface area contributed by atoms with Crippen LogP contribution in [0.25, 0.3) is 22.6 Å². The zero-order chi connectivity index (χ0) is 19.5. The zero-order valence-electron chi connectivity index (χ0n) is 15.7. The molecular formula is C23H20N2O3. The summed E-state index contributed by atoms with van der Waals surface area (Å²) >= 11 is 0. The molecule has 3 aromatic carbocycles. The van der Waals surface area contributed by atoms with Gasteiger partial charge in [-0.25, -0.2) is 4.98 Å². The molecule has 0 aliphatic heterocycles. The molecular weight excluding hydrogens is 352 g/mol. The molecule has 4 aromatic rings. The summed E-state index contributed by atoms with van der Waals surface area (Å²) in [6.45, 7) is 4.46. The SMILES string of the molecule is CCOc1ccc(C(=O)Nc2cccc(-c3nc4ccccc4o3)c2C)cc1. The van der Waals surface area contributed by atoms with Crippen LogP contribution in [0.2, 0.25) is 0 Å². The average Bonchev–Trinajstić information content (AvgIpc) is 3.14. The van der Waals surface area contributed by atoms with Crippen molar-refractivity contribution in [3.05, 3.63) is 77.9 Å². The molecule has 0 aliphatic carbocycles. The summed E-state index contributed by atoms with van der Waals surface area (Å²) in [6, 6.07) is 20.4. The Morgan fingerprint density at radius 3 is 2.57 bits per heavy atom. The number of carbonyl (C=O) groups is 1. The molecule has 0 unspecified atom stereocenters. The quantitative estimate of drug-likeness (QED) is 0.506. The van der Waals surface area contributed by atoms with Crippen molar-refractivity contribution < 1.29 is 13.9 Å². The summed E-state index contributed by atoms with van der Waals surface area (Å²) in [7, 11) is 0. The van der Waals surface area contributed by atoms with Crippen LogP contribution in [0.1, 0.15) is 22.8 Å². The smallest absolute Gasteiger partial charge is 0.255 e. The Bertz CT molecular complexity index is 1100. The van der Waals surface area contributed by atoms with E-state index in [4.69, 9.17) is 9.15 Å². The summed E-state index contributed by atoms with van der Waals surface area (Å²) in [6.07, 6.45) is 0. The highest BCUT2D eigenvalue weighted by atomic mass is 16.5. The van der Waals surface area contributed by atoms with Crippen LogP contribution >= 0.6 is 0 Å². The predicted octanol–water partition coefficient (Wildman–Crippen LogP) is 5.45. The minimum atomic E-state index is -0.180. The Morgan fingerprint density at radius 1 is 1.04 bits per heavy atom. The van der Waals surface area contributed by atoms with Crippen LogP contribution in [0.3, 0.4) is 0 Å². The fourth-order valence-electron chi connectivity index (χ4n) is 3.05. The zero-order valence-corrected chi connectivity index (χ0v) is 15.7. The Kier molecular flexibility index (Phi) is 4.81. The van der Waals surface area contributed by atoms with E-state index in [0.29, 0.717) is 18.1 Å². The van der Waals surface area contributed by atoms with E-state index in [1.807, 2.05) is 56.3 Å². The van der Waals surface area contributed by atoms with Gasteiger partial charge in [-0.3, -0.25) is 4.79 Å². The lowest BCUT2D eigenvalue weighted by atomic mass is 10.1. The number of anilines is 1. The minimum Gasteiger partial charge on any atom is -0.494 e. The van der Waals surface area contributed by atoms with E-state index in [2.05, 4.69) is 10.3 Å². The molecule has 0 bridgehead atoms. The molecule has 28 heavy (non-hydrogen) atoms. The molecule has 0 spiro atoms. The van der Waals surface area contributed by atoms with E-state index in [9.17, 15) is 4.79 Å². The van der Waals surface area contributed by atoms with Crippen molar-refractivity contribution in [2.24, 2.45) is 0 Å². The number of oxazole rings is 1. The summed E-state index contributed by atoms with van der Waals surface area (Å²) in [5.74, 6) is 1.10. The number of fused-ring (bicyclic) bond motifs is 1. The number of hydrogen-bond acceptors (Lipinski definition) is 4. The van der Waals surface area contributed by atoms with Gasteiger partial charge in [-0.15, -0.1) is 0 Å². The number of nitrogens with zero attached hydrogens (tertiary/aromatic N) is 1. The number of amides is 1. The fourth-order valence-corrected chi connectivity index (χ4v) is 3.05. The maximum atomic E-state index is 12.6. The Balaban J connectivity index is 1.60. The van der Waals surface area contributed by atoms with E-state index in [-0.39, 0.29) is 5.91 Å². The van der Waals surface area contributed by atoms with E-state index in [0.717, 1.165) is 33.7 Å². The molecule has 0 saturated heterocycles. The van der Waals surface area contributed by atoms with Gasteiger partial charge in [-0.2, -0.15) is 0 Å². The molecule has 1 heterocycles. The highest BCUT2D eigenvalue weighted by Crippen LogP contribution is 2.30. The van der Waals surface area contributed by atoms with Crippen LogP contribution in [-0.4, -0.2) is 17.5 Å². The van der Waals surface area contributed by atoms with Crippen molar-refractivity contribution >= 4 is 22.7 Å². The van der Waals surface area contributed by atoms with Crippen LogP contribution in [-0.2, 0) is 0 Å². The van der Waals surface area contributed by atoms with Gasteiger partial charge in [0.1, 0.15) is 11.3 Å². The highest BCUT2D eigenvalue weighted by Gasteiger charge is 2.14. The maximum absolute atomic E-state index is 12.6. The normalized spacial score (nSPS) is 10.8. The van der Waals surface area contributed by atoms with E-state index in [1.54, 1.807) is 24.3 Å². The number of para-hydroxylation sites is 2. The molecule has 0 fully saturated rings. The number of nitrogens with one attached hydrogen (secondary N) is 1.